The third-order valence-electron chi connectivity index (χ3n) is 4.74. The molecule has 0 bridgehead atoms. The molecule has 1 heterocycles. The van der Waals surface area contributed by atoms with Gasteiger partial charge in [0, 0.05) is 19.1 Å². The molecule has 0 aromatic heterocycles. The van der Waals surface area contributed by atoms with Crippen molar-refractivity contribution in [1.82, 2.24) is 10.6 Å². The number of nitrogens with zero attached hydrogens (tertiary/aromatic N) is 1. The predicted octanol–water partition coefficient (Wildman–Crippen LogP) is 2.78. The minimum atomic E-state index is -2.88. The molecule has 0 amide bonds. The Morgan fingerprint density at radius 3 is 2.62 bits per heavy atom. The van der Waals surface area contributed by atoms with Crippen molar-refractivity contribution in [3.05, 3.63) is 35.9 Å². The Morgan fingerprint density at radius 1 is 1.27 bits per heavy atom. The third kappa shape index (κ3) is 7.36. The molecule has 0 spiro atoms. The van der Waals surface area contributed by atoms with Crippen LogP contribution in [0.25, 0.3) is 0 Å². The Kier molecular flexibility index (Phi) is 7.50. The molecule has 1 aliphatic heterocycles. The van der Waals surface area contributed by atoms with Crippen LogP contribution in [0.2, 0.25) is 0 Å². The SMILES string of the molecule is CCNC(=NCC(C)(C)CCCc1ccccc1)NC1CCS(=O)(=O)C1. The van der Waals surface area contributed by atoms with Crippen LogP contribution in [0, 0.1) is 5.41 Å². The summed E-state index contributed by atoms with van der Waals surface area (Å²) in [5.74, 6) is 1.21. The number of benzene rings is 1. The second-order valence-electron chi connectivity index (χ2n) is 7.94. The molecule has 5 nitrogen and oxygen atoms in total. The molecule has 26 heavy (non-hydrogen) atoms. The van der Waals surface area contributed by atoms with Gasteiger partial charge in [-0.1, -0.05) is 44.2 Å². The minimum absolute atomic E-state index is 0.0287. The van der Waals surface area contributed by atoms with Gasteiger partial charge >= 0.3 is 0 Å². The highest BCUT2D eigenvalue weighted by atomic mass is 32.2. The van der Waals surface area contributed by atoms with Gasteiger partial charge in [-0.15, -0.1) is 0 Å². The van der Waals surface area contributed by atoms with Crippen molar-refractivity contribution in [2.45, 2.75) is 52.5 Å². The molecule has 1 unspecified atom stereocenters. The van der Waals surface area contributed by atoms with Gasteiger partial charge in [-0.05, 0) is 43.6 Å². The first kappa shape index (κ1) is 20.7. The van der Waals surface area contributed by atoms with E-state index in [0.717, 1.165) is 38.3 Å². The molecule has 1 fully saturated rings. The van der Waals surface area contributed by atoms with Gasteiger partial charge in [0.1, 0.15) is 0 Å². The molecule has 0 radical (unpaired) electrons. The van der Waals surface area contributed by atoms with Gasteiger partial charge in [0.05, 0.1) is 11.5 Å². The minimum Gasteiger partial charge on any atom is -0.357 e. The lowest BCUT2D eigenvalue weighted by Crippen LogP contribution is -2.44. The number of nitrogens with one attached hydrogen (secondary N) is 2. The summed E-state index contributed by atoms with van der Waals surface area (Å²) in [6.45, 7) is 7.99. The highest BCUT2D eigenvalue weighted by Gasteiger charge is 2.28. The molecule has 1 aromatic rings. The van der Waals surface area contributed by atoms with Crippen LogP contribution in [-0.4, -0.2) is 45.0 Å². The Bertz CT molecular complexity index is 684. The summed E-state index contributed by atoms with van der Waals surface area (Å²) in [4.78, 5) is 4.72. The van der Waals surface area contributed by atoms with Gasteiger partial charge < -0.3 is 10.6 Å². The summed E-state index contributed by atoms with van der Waals surface area (Å²) in [6.07, 6.45) is 3.99. The van der Waals surface area contributed by atoms with Crippen molar-refractivity contribution in [2.24, 2.45) is 10.4 Å². The summed E-state index contributed by atoms with van der Waals surface area (Å²) in [6, 6.07) is 10.5. The summed E-state index contributed by atoms with van der Waals surface area (Å²) in [5.41, 5.74) is 1.49. The third-order valence-corrected chi connectivity index (χ3v) is 6.51. The lowest BCUT2D eigenvalue weighted by Gasteiger charge is -2.24. The highest BCUT2D eigenvalue weighted by molar-refractivity contribution is 7.91. The van der Waals surface area contributed by atoms with Crippen molar-refractivity contribution in [2.75, 3.05) is 24.6 Å². The van der Waals surface area contributed by atoms with Gasteiger partial charge in [-0.2, -0.15) is 0 Å². The maximum Gasteiger partial charge on any atom is 0.191 e. The van der Waals surface area contributed by atoms with Crippen LogP contribution in [0.3, 0.4) is 0 Å². The first-order valence-corrected chi connectivity index (χ1v) is 11.4. The lowest BCUT2D eigenvalue weighted by molar-refractivity contribution is 0.337. The first-order valence-electron chi connectivity index (χ1n) is 9.59. The van der Waals surface area contributed by atoms with Crippen LogP contribution in [0.4, 0.5) is 0 Å². The van der Waals surface area contributed by atoms with Crippen molar-refractivity contribution < 1.29 is 8.42 Å². The fourth-order valence-corrected chi connectivity index (χ4v) is 4.88. The number of rotatable bonds is 8. The molecule has 2 rings (SSSR count). The van der Waals surface area contributed by atoms with Gasteiger partial charge in [-0.3, -0.25) is 4.99 Å². The van der Waals surface area contributed by atoms with E-state index in [2.05, 4.69) is 48.7 Å². The Balaban J connectivity index is 1.83. The van der Waals surface area contributed by atoms with Crippen LogP contribution in [0.1, 0.15) is 45.6 Å². The van der Waals surface area contributed by atoms with E-state index in [1.165, 1.54) is 5.56 Å². The summed E-state index contributed by atoms with van der Waals surface area (Å²) in [7, 11) is -2.88. The second-order valence-corrected chi connectivity index (χ2v) is 10.2. The van der Waals surface area contributed by atoms with Crippen molar-refractivity contribution in [3.63, 3.8) is 0 Å². The molecule has 0 aliphatic carbocycles. The fourth-order valence-electron chi connectivity index (χ4n) is 3.21. The van der Waals surface area contributed by atoms with E-state index >= 15 is 0 Å². The molecule has 146 valence electrons. The molecular formula is C20H33N3O2S. The molecule has 6 heteroatoms. The molecule has 2 N–H and O–H groups in total. The van der Waals surface area contributed by atoms with E-state index in [4.69, 9.17) is 4.99 Å². The van der Waals surface area contributed by atoms with E-state index in [1.54, 1.807) is 0 Å². The monoisotopic (exact) mass is 379 g/mol. The van der Waals surface area contributed by atoms with Crippen LogP contribution in [-0.2, 0) is 16.3 Å². The molecule has 1 atom stereocenters. The number of aryl methyl sites for hydroxylation is 1. The molecule has 1 aliphatic rings. The van der Waals surface area contributed by atoms with E-state index < -0.39 is 9.84 Å². The first-order chi connectivity index (χ1) is 12.3. The molecule has 0 saturated carbocycles. The van der Waals surface area contributed by atoms with Crippen LogP contribution < -0.4 is 10.6 Å². The van der Waals surface area contributed by atoms with Gasteiger partial charge in [0.15, 0.2) is 15.8 Å². The Labute approximate surface area is 158 Å². The zero-order valence-corrected chi connectivity index (χ0v) is 17.1. The fraction of sp³-hybridized carbons (Fsp3) is 0.650. The topological polar surface area (TPSA) is 70.6 Å². The summed E-state index contributed by atoms with van der Waals surface area (Å²) in [5, 5.41) is 6.52. The van der Waals surface area contributed by atoms with Gasteiger partial charge in [0.2, 0.25) is 0 Å². The predicted molar refractivity (Wildman–Crippen MR) is 109 cm³/mol. The van der Waals surface area contributed by atoms with Crippen LogP contribution >= 0.6 is 0 Å². The smallest absolute Gasteiger partial charge is 0.191 e. The lowest BCUT2D eigenvalue weighted by atomic mass is 9.86. The van der Waals surface area contributed by atoms with Gasteiger partial charge in [-0.25, -0.2) is 8.42 Å². The quantitative estimate of drug-likeness (QED) is 0.538. The van der Waals surface area contributed by atoms with Gasteiger partial charge in [0.25, 0.3) is 0 Å². The van der Waals surface area contributed by atoms with E-state index in [1.807, 2.05) is 13.0 Å². The van der Waals surface area contributed by atoms with Crippen LogP contribution in [0.5, 0.6) is 0 Å². The number of hydrogen-bond acceptors (Lipinski definition) is 3. The summed E-state index contributed by atoms with van der Waals surface area (Å²) >= 11 is 0. The number of aliphatic imine (C=N–C) groups is 1. The summed E-state index contributed by atoms with van der Waals surface area (Å²) < 4.78 is 23.3. The average Bonchev–Trinajstić information content (AvgIpc) is 2.92. The maximum atomic E-state index is 11.6. The van der Waals surface area contributed by atoms with E-state index in [9.17, 15) is 8.42 Å². The highest BCUT2D eigenvalue weighted by Crippen LogP contribution is 2.24. The normalized spacial score (nSPS) is 20.1. The number of hydrogen-bond donors (Lipinski definition) is 2. The molecule has 1 saturated heterocycles. The Morgan fingerprint density at radius 2 is 2.00 bits per heavy atom. The maximum absolute atomic E-state index is 11.6. The standard InChI is InChI=1S/C20H33N3O2S/c1-4-21-19(23-18-12-14-26(24,25)15-18)22-16-20(2,3)13-8-11-17-9-6-5-7-10-17/h5-7,9-10,18H,4,8,11-16H2,1-3H3,(H2,21,22,23). The van der Waals surface area contributed by atoms with E-state index in [0.29, 0.717) is 6.42 Å². The zero-order chi connectivity index (χ0) is 19.0. The van der Waals surface area contributed by atoms with Crippen molar-refractivity contribution in [1.29, 1.82) is 0 Å². The number of sulfone groups is 1. The molecular weight excluding hydrogens is 346 g/mol. The largest absolute Gasteiger partial charge is 0.357 e. The Hall–Kier alpha value is -1.56. The van der Waals surface area contributed by atoms with Crippen molar-refractivity contribution >= 4 is 15.8 Å². The van der Waals surface area contributed by atoms with Crippen LogP contribution in [0.15, 0.2) is 35.3 Å². The molecule has 1 aromatic carbocycles. The second kappa shape index (κ2) is 9.40. The van der Waals surface area contributed by atoms with Crippen molar-refractivity contribution in [3.8, 4) is 0 Å². The number of guanidine groups is 1. The zero-order valence-electron chi connectivity index (χ0n) is 16.3. The average molecular weight is 380 g/mol. The van der Waals surface area contributed by atoms with E-state index in [-0.39, 0.29) is 23.0 Å².